The van der Waals surface area contributed by atoms with Crippen molar-refractivity contribution in [3.63, 3.8) is 0 Å². The molecule has 0 radical (unpaired) electrons. The summed E-state index contributed by atoms with van der Waals surface area (Å²) in [5, 5.41) is 0.412. The van der Waals surface area contributed by atoms with Crippen LogP contribution in [0, 0.1) is 5.82 Å². The Balaban J connectivity index is 1.91. The van der Waals surface area contributed by atoms with E-state index in [1.54, 1.807) is 24.3 Å². The Hall–Kier alpha value is -2.86. The number of nitrogens with one attached hydrogen (secondary N) is 2. The van der Waals surface area contributed by atoms with Crippen molar-refractivity contribution in [1.29, 1.82) is 0 Å². The van der Waals surface area contributed by atoms with Crippen molar-refractivity contribution in [3.05, 3.63) is 70.5 Å². The highest BCUT2D eigenvalue weighted by molar-refractivity contribution is 6.30. The molecule has 24 heavy (non-hydrogen) atoms. The summed E-state index contributed by atoms with van der Waals surface area (Å²) in [4.78, 5) is 23.5. The second kappa shape index (κ2) is 8.12. The molecular formula is C17H14ClFN2O3. The van der Waals surface area contributed by atoms with E-state index in [-0.39, 0.29) is 5.75 Å². The van der Waals surface area contributed by atoms with Crippen LogP contribution in [0.1, 0.15) is 15.9 Å². The van der Waals surface area contributed by atoms with Crippen LogP contribution in [0.15, 0.2) is 48.5 Å². The zero-order valence-electron chi connectivity index (χ0n) is 12.7. The Kier molecular flexibility index (Phi) is 5.92. The van der Waals surface area contributed by atoms with Gasteiger partial charge < -0.3 is 4.74 Å². The molecule has 0 aliphatic carbocycles. The maximum atomic E-state index is 13.5. The summed E-state index contributed by atoms with van der Waals surface area (Å²) < 4.78 is 18.3. The Morgan fingerprint density at radius 3 is 2.62 bits per heavy atom. The fourth-order valence-corrected chi connectivity index (χ4v) is 2.01. The second-order valence-corrected chi connectivity index (χ2v) is 5.12. The molecule has 2 N–H and O–H groups in total. The minimum atomic E-state index is -0.568. The highest BCUT2D eigenvalue weighted by Crippen LogP contribution is 2.18. The van der Waals surface area contributed by atoms with Gasteiger partial charge in [-0.15, -0.1) is 0 Å². The summed E-state index contributed by atoms with van der Waals surface area (Å²) in [5.41, 5.74) is 5.26. The largest absolute Gasteiger partial charge is 0.494 e. The van der Waals surface area contributed by atoms with Crippen LogP contribution >= 0.6 is 11.6 Å². The third kappa shape index (κ3) is 4.82. The Labute approximate surface area is 143 Å². The first-order chi connectivity index (χ1) is 11.5. The molecule has 0 saturated carbocycles. The molecule has 0 spiro atoms. The topological polar surface area (TPSA) is 67.4 Å². The van der Waals surface area contributed by atoms with Crippen molar-refractivity contribution < 1.29 is 18.7 Å². The molecule has 0 unspecified atom stereocenters. The summed E-state index contributed by atoms with van der Waals surface area (Å²) in [7, 11) is 1.37. The van der Waals surface area contributed by atoms with Gasteiger partial charge in [0.2, 0.25) is 0 Å². The minimum Gasteiger partial charge on any atom is -0.494 e. The summed E-state index contributed by atoms with van der Waals surface area (Å²) in [6.07, 6.45) is 2.57. The first kappa shape index (κ1) is 17.5. The summed E-state index contributed by atoms with van der Waals surface area (Å²) in [6.45, 7) is 0. The van der Waals surface area contributed by atoms with Gasteiger partial charge in [0.05, 0.1) is 7.11 Å². The highest BCUT2D eigenvalue weighted by Gasteiger charge is 2.06. The number of benzene rings is 2. The third-order valence-corrected chi connectivity index (χ3v) is 3.22. The molecule has 0 aliphatic rings. The molecule has 124 valence electrons. The van der Waals surface area contributed by atoms with E-state index >= 15 is 0 Å². The second-order valence-electron chi connectivity index (χ2n) is 4.68. The van der Waals surface area contributed by atoms with Crippen LogP contribution in [0.5, 0.6) is 5.75 Å². The molecule has 7 heteroatoms. The molecule has 0 fully saturated rings. The Morgan fingerprint density at radius 1 is 1.17 bits per heavy atom. The molecule has 0 atom stereocenters. The van der Waals surface area contributed by atoms with Crippen LogP contribution in [0.4, 0.5) is 4.39 Å². The molecule has 2 rings (SSSR count). The van der Waals surface area contributed by atoms with Crippen molar-refractivity contribution >= 4 is 29.5 Å². The monoisotopic (exact) mass is 348 g/mol. The fraction of sp³-hybridized carbons (Fsp3) is 0.0588. The lowest BCUT2D eigenvalue weighted by atomic mass is 10.2. The van der Waals surface area contributed by atoms with Crippen molar-refractivity contribution in [2.45, 2.75) is 0 Å². The molecule has 2 amide bonds. The van der Waals surface area contributed by atoms with Crippen molar-refractivity contribution in [3.8, 4) is 5.75 Å². The number of hydrogen-bond donors (Lipinski definition) is 2. The normalized spacial score (nSPS) is 10.5. The maximum Gasteiger partial charge on any atom is 0.269 e. The average molecular weight is 349 g/mol. The van der Waals surface area contributed by atoms with Crippen LogP contribution in [0.3, 0.4) is 0 Å². The number of carbonyl (C=O) groups is 2. The summed E-state index contributed by atoms with van der Waals surface area (Å²) >= 11 is 5.79. The smallest absolute Gasteiger partial charge is 0.269 e. The van der Waals surface area contributed by atoms with Crippen molar-refractivity contribution in [2.24, 2.45) is 0 Å². The van der Waals surface area contributed by atoms with E-state index < -0.39 is 17.6 Å². The molecule has 0 aliphatic heterocycles. The van der Waals surface area contributed by atoms with Gasteiger partial charge in [0, 0.05) is 16.7 Å². The molecule has 0 bridgehead atoms. The van der Waals surface area contributed by atoms with Gasteiger partial charge in [-0.25, -0.2) is 4.39 Å². The van der Waals surface area contributed by atoms with Gasteiger partial charge in [-0.05, 0) is 42.0 Å². The van der Waals surface area contributed by atoms with Gasteiger partial charge in [-0.2, -0.15) is 0 Å². The molecule has 0 saturated heterocycles. The van der Waals surface area contributed by atoms with E-state index in [9.17, 15) is 14.0 Å². The lowest BCUT2D eigenvalue weighted by Gasteiger charge is -2.05. The molecular weight excluding hydrogens is 335 g/mol. The number of carbonyl (C=O) groups excluding carboxylic acids is 2. The van der Waals surface area contributed by atoms with Gasteiger partial charge >= 0.3 is 0 Å². The number of amides is 2. The van der Waals surface area contributed by atoms with E-state index in [0.29, 0.717) is 16.1 Å². The standard InChI is InChI=1S/C17H14ClFN2O3/c1-24-15-7-5-11(9-14(15)19)6-8-16(22)20-21-17(23)12-3-2-4-13(18)10-12/h2-10H,1H3,(H,20,22)(H,21,23)/b8-6+. The number of ether oxygens (including phenoxy) is 1. The third-order valence-electron chi connectivity index (χ3n) is 2.99. The highest BCUT2D eigenvalue weighted by atomic mass is 35.5. The Bertz CT molecular complexity index is 793. The summed E-state index contributed by atoms with van der Waals surface area (Å²) in [6, 6.07) is 10.6. The minimum absolute atomic E-state index is 0.116. The SMILES string of the molecule is COc1ccc(/C=C/C(=O)NNC(=O)c2cccc(Cl)c2)cc1F. The first-order valence-corrected chi connectivity index (χ1v) is 7.25. The van der Waals surface area contributed by atoms with Crippen LogP contribution in [0.25, 0.3) is 6.08 Å². The quantitative estimate of drug-likeness (QED) is 0.659. The fourth-order valence-electron chi connectivity index (χ4n) is 1.82. The van der Waals surface area contributed by atoms with Gasteiger partial charge in [0.1, 0.15) is 0 Å². The molecule has 0 heterocycles. The van der Waals surface area contributed by atoms with E-state index in [1.807, 2.05) is 0 Å². The lowest BCUT2D eigenvalue weighted by Crippen LogP contribution is -2.40. The van der Waals surface area contributed by atoms with Crippen molar-refractivity contribution in [1.82, 2.24) is 10.9 Å². The number of rotatable bonds is 4. The van der Waals surface area contributed by atoms with E-state index in [1.165, 1.54) is 37.5 Å². The lowest BCUT2D eigenvalue weighted by molar-refractivity contribution is -0.117. The van der Waals surface area contributed by atoms with Gasteiger partial charge in [-0.3, -0.25) is 20.4 Å². The zero-order valence-corrected chi connectivity index (χ0v) is 13.4. The number of methoxy groups -OCH3 is 1. The average Bonchev–Trinajstić information content (AvgIpc) is 2.58. The molecule has 5 nitrogen and oxygen atoms in total. The molecule has 0 aromatic heterocycles. The van der Waals surface area contributed by atoms with Crippen LogP contribution in [-0.4, -0.2) is 18.9 Å². The van der Waals surface area contributed by atoms with Crippen LogP contribution in [0.2, 0.25) is 5.02 Å². The number of halogens is 2. The molecule has 2 aromatic rings. The molecule has 2 aromatic carbocycles. The van der Waals surface area contributed by atoms with Gasteiger partial charge in [0.15, 0.2) is 11.6 Å². The van der Waals surface area contributed by atoms with E-state index in [0.717, 1.165) is 0 Å². The maximum absolute atomic E-state index is 13.5. The predicted molar refractivity (Wildman–Crippen MR) is 89.0 cm³/mol. The zero-order chi connectivity index (χ0) is 17.5. The number of hydrogen-bond acceptors (Lipinski definition) is 3. The number of hydrazine groups is 1. The Morgan fingerprint density at radius 2 is 1.96 bits per heavy atom. The van der Waals surface area contributed by atoms with E-state index in [2.05, 4.69) is 10.9 Å². The first-order valence-electron chi connectivity index (χ1n) is 6.87. The van der Waals surface area contributed by atoms with Gasteiger partial charge in [0.25, 0.3) is 11.8 Å². The van der Waals surface area contributed by atoms with Crippen LogP contribution < -0.4 is 15.6 Å². The van der Waals surface area contributed by atoms with Gasteiger partial charge in [-0.1, -0.05) is 23.7 Å². The summed E-state index contributed by atoms with van der Waals surface area (Å²) in [5.74, 6) is -1.49. The van der Waals surface area contributed by atoms with Crippen LogP contribution in [-0.2, 0) is 4.79 Å². The van der Waals surface area contributed by atoms with Crippen molar-refractivity contribution in [2.75, 3.05) is 7.11 Å². The predicted octanol–water partition coefficient (Wildman–Crippen LogP) is 2.96. The van der Waals surface area contributed by atoms with E-state index in [4.69, 9.17) is 16.3 Å².